The Labute approximate surface area is 147 Å². The quantitative estimate of drug-likeness (QED) is 0.633. The average Bonchev–Trinajstić information content (AvgIpc) is 3.11. The fraction of sp³-hybridized carbons (Fsp3) is 0.400. The number of carbonyl (C=O) groups is 1. The van der Waals surface area contributed by atoms with Gasteiger partial charge in [-0.05, 0) is 26.3 Å². The topological polar surface area (TPSA) is 129 Å². The summed E-state index contributed by atoms with van der Waals surface area (Å²) in [6.45, 7) is 6.31. The maximum absolute atomic E-state index is 12.1. The van der Waals surface area contributed by atoms with Crippen LogP contribution in [0.4, 0.5) is 11.8 Å². The van der Waals surface area contributed by atoms with Gasteiger partial charge in [-0.2, -0.15) is 0 Å². The largest absolute Gasteiger partial charge is 0.462 e. The average molecular weight is 362 g/mol. The first-order valence-electron chi connectivity index (χ1n) is 7.76. The number of hydrogen-bond acceptors (Lipinski definition) is 10. The van der Waals surface area contributed by atoms with Crippen molar-refractivity contribution in [2.45, 2.75) is 27.2 Å². The van der Waals surface area contributed by atoms with Crippen LogP contribution in [0.5, 0.6) is 0 Å². The van der Waals surface area contributed by atoms with Crippen LogP contribution in [0.3, 0.4) is 0 Å². The van der Waals surface area contributed by atoms with Crippen molar-refractivity contribution >= 4 is 39.4 Å². The lowest BCUT2D eigenvalue weighted by atomic mass is 10.2. The SMILES string of the molecule is CCOC(=O)c1sc2nc(C)nc(NCCc3nnc(N)o3)c2c1C. The number of anilines is 2. The van der Waals surface area contributed by atoms with Crippen LogP contribution in [-0.2, 0) is 11.2 Å². The van der Waals surface area contributed by atoms with E-state index in [2.05, 4.69) is 25.5 Å². The van der Waals surface area contributed by atoms with Gasteiger partial charge in [-0.15, -0.1) is 16.4 Å². The van der Waals surface area contributed by atoms with E-state index >= 15 is 0 Å². The summed E-state index contributed by atoms with van der Waals surface area (Å²) in [6.07, 6.45) is 0.503. The third-order valence-electron chi connectivity index (χ3n) is 3.48. The molecule has 3 heterocycles. The molecule has 0 bridgehead atoms. The number of aryl methyl sites for hydroxylation is 2. The Hall–Kier alpha value is -2.75. The molecule has 3 N–H and O–H groups in total. The molecule has 0 amide bonds. The van der Waals surface area contributed by atoms with Crippen molar-refractivity contribution in [3.8, 4) is 0 Å². The summed E-state index contributed by atoms with van der Waals surface area (Å²) in [6, 6.07) is 0.0445. The van der Waals surface area contributed by atoms with Crippen LogP contribution in [0.25, 0.3) is 10.2 Å². The standard InChI is InChI=1S/C15H18N6O3S/c1-4-23-14(22)11-7(2)10-12(18-8(3)19-13(10)25-11)17-6-5-9-20-21-15(16)24-9/h4-6H2,1-3H3,(H2,16,21)(H,17,18,19). The Bertz CT molecular complexity index is 920. The summed E-state index contributed by atoms with van der Waals surface area (Å²) in [5, 5.41) is 11.5. The Morgan fingerprint density at radius 3 is 2.80 bits per heavy atom. The van der Waals surface area contributed by atoms with Gasteiger partial charge in [0.1, 0.15) is 21.3 Å². The first-order valence-corrected chi connectivity index (χ1v) is 8.57. The highest BCUT2D eigenvalue weighted by Crippen LogP contribution is 2.34. The zero-order valence-corrected chi connectivity index (χ0v) is 14.9. The van der Waals surface area contributed by atoms with Crippen molar-refractivity contribution in [2.75, 3.05) is 24.2 Å². The first-order chi connectivity index (χ1) is 12.0. The van der Waals surface area contributed by atoms with Gasteiger partial charge in [-0.1, -0.05) is 5.10 Å². The van der Waals surface area contributed by atoms with Crippen molar-refractivity contribution < 1.29 is 13.9 Å². The molecule has 3 rings (SSSR count). The van der Waals surface area contributed by atoms with Gasteiger partial charge >= 0.3 is 12.0 Å². The molecule has 3 aromatic heterocycles. The van der Waals surface area contributed by atoms with Crippen LogP contribution in [0.1, 0.15) is 33.9 Å². The number of hydrogen-bond donors (Lipinski definition) is 2. The predicted molar refractivity (Wildman–Crippen MR) is 93.7 cm³/mol. The number of fused-ring (bicyclic) bond motifs is 1. The fourth-order valence-corrected chi connectivity index (χ4v) is 3.54. The third-order valence-corrected chi connectivity index (χ3v) is 4.64. The van der Waals surface area contributed by atoms with Crippen molar-refractivity contribution in [1.82, 2.24) is 20.2 Å². The van der Waals surface area contributed by atoms with Gasteiger partial charge in [0, 0.05) is 13.0 Å². The molecule has 0 spiro atoms. The number of esters is 1. The summed E-state index contributed by atoms with van der Waals surface area (Å²) < 4.78 is 10.3. The molecule has 0 aliphatic heterocycles. The molecule has 0 fully saturated rings. The summed E-state index contributed by atoms with van der Waals surface area (Å²) in [5.74, 6) is 1.39. The van der Waals surface area contributed by atoms with Crippen LogP contribution in [0.15, 0.2) is 4.42 Å². The number of ether oxygens (including phenoxy) is 1. The second-order valence-electron chi connectivity index (χ2n) is 5.29. The minimum Gasteiger partial charge on any atom is -0.462 e. The Balaban J connectivity index is 1.87. The Morgan fingerprint density at radius 2 is 2.12 bits per heavy atom. The lowest BCUT2D eigenvalue weighted by Crippen LogP contribution is -2.08. The molecule has 132 valence electrons. The second kappa shape index (κ2) is 7.01. The molecule has 0 saturated heterocycles. The molecule has 3 aromatic rings. The number of aromatic nitrogens is 4. The van der Waals surface area contributed by atoms with E-state index in [9.17, 15) is 4.79 Å². The van der Waals surface area contributed by atoms with E-state index < -0.39 is 0 Å². The molecule has 0 aliphatic carbocycles. The molecular formula is C15H18N6O3S. The van der Waals surface area contributed by atoms with Crippen LogP contribution < -0.4 is 11.1 Å². The molecule has 0 atom stereocenters. The van der Waals surface area contributed by atoms with E-state index in [0.717, 1.165) is 15.8 Å². The molecule has 25 heavy (non-hydrogen) atoms. The normalized spacial score (nSPS) is 11.0. The number of carbonyl (C=O) groups excluding carboxylic acids is 1. The smallest absolute Gasteiger partial charge is 0.348 e. The van der Waals surface area contributed by atoms with Crippen molar-refractivity contribution in [1.29, 1.82) is 0 Å². The summed E-state index contributed by atoms with van der Waals surface area (Å²) in [7, 11) is 0. The van der Waals surface area contributed by atoms with Gasteiger partial charge in [0.25, 0.3) is 0 Å². The number of rotatable bonds is 6. The molecule has 0 radical (unpaired) electrons. The highest BCUT2D eigenvalue weighted by molar-refractivity contribution is 7.20. The Kier molecular flexibility index (Phi) is 4.79. The van der Waals surface area contributed by atoms with E-state index in [0.29, 0.717) is 42.0 Å². The predicted octanol–water partition coefficient (Wildman–Crippen LogP) is 2.10. The molecule has 0 saturated carbocycles. The van der Waals surface area contributed by atoms with Crippen LogP contribution in [0, 0.1) is 13.8 Å². The number of nitrogens with one attached hydrogen (secondary N) is 1. The molecule has 9 nitrogen and oxygen atoms in total. The highest BCUT2D eigenvalue weighted by atomic mass is 32.1. The Morgan fingerprint density at radius 1 is 1.32 bits per heavy atom. The minimum atomic E-state index is -0.340. The molecule has 0 aliphatic rings. The van der Waals surface area contributed by atoms with Crippen LogP contribution in [0.2, 0.25) is 0 Å². The summed E-state index contributed by atoms with van der Waals surface area (Å²) in [4.78, 5) is 22.3. The van der Waals surface area contributed by atoms with E-state index in [-0.39, 0.29) is 12.0 Å². The second-order valence-corrected chi connectivity index (χ2v) is 6.29. The molecular weight excluding hydrogens is 344 g/mol. The maximum Gasteiger partial charge on any atom is 0.348 e. The minimum absolute atomic E-state index is 0.0445. The van der Waals surface area contributed by atoms with Gasteiger partial charge in [-0.3, -0.25) is 0 Å². The highest BCUT2D eigenvalue weighted by Gasteiger charge is 2.20. The fourth-order valence-electron chi connectivity index (χ4n) is 2.42. The maximum atomic E-state index is 12.1. The van der Waals surface area contributed by atoms with Gasteiger partial charge in [0.05, 0.1) is 12.0 Å². The van der Waals surface area contributed by atoms with Crippen molar-refractivity contribution in [2.24, 2.45) is 0 Å². The van der Waals surface area contributed by atoms with E-state index in [1.165, 1.54) is 11.3 Å². The van der Waals surface area contributed by atoms with E-state index in [1.54, 1.807) is 6.92 Å². The van der Waals surface area contributed by atoms with Gasteiger partial charge in [0.15, 0.2) is 0 Å². The first kappa shape index (κ1) is 17.1. The number of nitrogens with two attached hydrogens (primary N) is 1. The van der Waals surface area contributed by atoms with Crippen molar-refractivity contribution in [3.05, 3.63) is 22.2 Å². The van der Waals surface area contributed by atoms with E-state index in [1.807, 2.05) is 13.8 Å². The van der Waals surface area contributed by atoms with Gasteiger partial charge < -0.3 is 20.2 Å². The summed E-state index contributed by atoms with van der Waals surface area (Å²) >= 11 is 1.31. The third kappa shape index (κ3) is 3.53. The zero-order chi connectivity index (χ0) is 18.0. The number of thiophene rings is 1. The van der Waals surface area contributed by atoms with Gasteiger partial charge in [0.2, 0.25) is 5.89 Å². The van der Waals surface area contributed by atoms with Gasteiger partial charge in [-0.25, -0.2) is 14.8 Å². The summed E-state index contributed by atoms with van der Waals surface area (Å²) in [5.41, 5.74) is 6.22. The van der Waals surface area contributed by atoms with E-state index in [4.69, 9.17) is 14.9 Å². The number of nitrogens with zero attached hydrogens (tertiary/aromatic N) is 4. The molecule has 0 aromatic carbocycles. The van der Waals surface area contributed by atoms with Crippen LogP contribution >= 0.6 is 11.3 Å². The zero-order valence-electron chi connectivity index (χ0n) is 14.1. The molecule has 0 unspecified atom stereocenters. The number of nitrogen functional groups attached to an aromatic ring is 1. The monoisotopic (exact) mass is 362 g/mol. The lowest BCUT2D eigenvalue weighted by molar-refractivity contribution is 0.0531. The molecule has 10 heteroatoms. The lowest BCUT2D eigenvalue weighted by Gasteiger charge is -2.07. The van der Waals surface area contributed by atoms with Crippen LogP contribution in [-0.4, -0.2) is 39.3 Å². The van der Waals surface area contributed by atoms with Crippen molar-refractivity contribution in [3.63, 3.8) is 0 Å².